The highest BCUT2D eigenvalue weighted by Crippen LogP contribution is 1.27. The van der Waals surface area contributed by atoms with Crippen LogP contribution in [0.5, 0.6) is 0 Å². The van der Waals surface area contributed by atoms with E-state index in [1.165, 1.54) is 0 Å². The lowest BCUT2D eigenvalue weighted by Gasteiger charge is -1.43. The molecule has 7 nitrogen and oxygen atoms in total. The molecule has 3 N–H and O–H groups in total. The lowest BCUT2D eigenvalue weighted by Crippen LogP contribution is -1.58. The highest BCUT2D eigenvalue weighted by molar-refractivity contribution is 7.66. The van der Waals surface area contributed by atoms with Gasteiger partial charge < -0.3 is 0 Å². The van der Waals surface area contributed by atoms with Crippen molar-refractivity contribution in [3.8, 4) is 0 Å². The summed E-state index contributed by atoms with van der Waals surface area (Å²) >= 11 is 0. The molecule has 0 saturated heterocycles. The average Bonchev–Trinajstić information content (AvgIpc) is 2.12. The first-order chi connectivity index (χ1) is 6.56. The van der Waals surface area contributed by atoms with Crippen molar-refractivity contribution in [2.45, 2.75) is 27.7 Å². The van der Waals surface area contributed by atoms with Gasteiger partial charge in [-0.2, -0.15) is 0 Å². The molecule has 8 heteroatoms. The zero-order chi connectivity index (χ0) is 13.0. The van der Waals surface area contributed by atoms with E-state index in [9.17, 15) is 0 Å². The molecule has 0 bridgehead atoms. The van der Waals surface area contributed by atoms with E-state index < -0.39 is 11.0 Å². The van der Waals surface area contributed by atoms with Crippen LogP contribution in [-0.4, -0.2) is 25.1 Å². The van der Waals surface area contributed by atoms with Gasteiger partial charge in [-0.05, 0) is 0 Å². The topological polar surface area (TPSA) is 136 Å². The molecule has 0 aliphatic rings. The molecule has 0 atom stereocenters. The van der Waals surface area contributed by atoms with Crippen molar-refractivity contribution in [1.82, 2.24) is 0 Å². The van der Waals surface area contributed by atoms with Gasteiger partial charge in [0.15, 0.2) is 0 Å². The van der Waals surface area contributed by atoms with Crippen LogP contribution in [0.4, 0.5) is 0 Å². The van der Waals surface area contributed by atoms with Gasteiger partial charge in [-0.3, -0.25) is 4.55 Å². The number of carbonyl (C=O) groups excluding carboxylic acids is 2. The van der Waals surface area contributed by atoms with E-state index in [2.05, 4.69) is 0 Å². The lowest BCUT2D eigenvalue weighted by atomic mass is 11.0. The molecule has 14 heavy (non-hydrogen) atoms. The Labute approximate surface area is 84.9 Å². The quantitative estimate of drug-likeness (QED) is 0.211. The van der Waals surface area contributed by atoms with E-state index in [0.717, 1.165) is 12.2 Å². The Balaban J connectivity index is -0.0000000249. The number of thiol groups is 1. The second kappa shape index (κ2) is 98.6. The largest absolute Gasteiger partial charge is 0.288 e. The first-order valence-electron chi connectivity index (χ1n) is 3.47. The third kappa shape index (κ3) is 564. The molecule has 0 aliphatic heterocycles. The molecule has 0 aromatic heterocycles. The normalized spacial score (nSPS) is 4.43. The summed E-state index contributed by atoms with van der Waals surface area (Å²) in [6.45, 7) is 8.00. The zero-order valence-electron chi connectivity index (χ0n) is 8.53. The molecule has 0 aromatic rings. The number of hydrogen-bond acceptors (Lipinski definition) is 6. The van der Waals surface area contributed by atoms with Crippen molar-refractivity contribution in [3.63, 3.8) is 0 Å². The van der Waals surface area contributed by atoms with Gasteiger partial charge in [0.1, 0.15) is 0 Å². The van der Waals surface area contributed by atoms with Crippen molar-refractivity contribution >= 4 is 23.1 Å². The molecular weight excluding hydrogens is 212 g/mol. The fourth-order valence-electron chi connectivity index (χ4n) is 0. The molecular formula is C6H16N2O5S. The average molecular weight is 228 g/mol. The van der Waals surface area contributed by atoms with Crippen molar-refractivity contribution in [2.75, 3.05) is 0 Å². The summed E-state index contributed by atoms with van der Waals surface area (Å²) in [7, 11) is -3.12. The van der Waals surface area contributed by atoms with E-state index in [0.29, 0.717) is 0 Å². The molecule has 0 aliphatic carbocycles. The van der Waals surface area contributed by atoms with Gasteiger partial charge in [-0.25, -0.2) is 28.8 Å². The second-order valence-electron chi connectivity index (χ2n) is 0.442. The first kappa shape index (κ1) is 29.3. The van der Waals surface area contributed by atoms with Crippen LogP contribution in [0, 0.1) is 10.8 Å². The summed E-state index contributed by atoms with van der Waals surface area (Å²) in [6.07, 6.45) is 1.50. The molecule has 0 unspecified atom stereocenters. The van der Waals surface area contributed by atoms with Crippen LogP contribution in [0.3, 0.4) is 0 Å². The van der Waals surface area contributed by atoms with Crippen LogP contribution >= 0.6 is 0 Å². The van der Waals surface area contributed by atoms with Crippen LogP contribution in [0.15, 0.2) is 0 Å². The highest BCUT2D eigenvalue weighted by Gasteiger charge is 1.44. The standard InChI is InChI=1S/2C2H6.2CHNO.H2O3S/c2*1-2;2*2-1-3;1-4(2)3/h2*1-2H3;2*2H;4H,(H,1,2,3). The van der Waals surface area contributed by atoms with E-state index in [-0.39, 0.29) is 0 Å². The van der Waals surface area contributed by atoms with Gasteiger partial charge >= 0.3 is 0 Å². The van der Waals surface area contributed by atoms with Gasteiger partial charge in [-0.1, -0.05) is 27.7 Å². The Morgan fingerprint density at radius 3 is 0.929 bits per heavy atom. The molecule has 0 spiro atoms. The Morgan fingerprint density at radius 1 is 0.929 bits per heavy atom. The third-order valence-corrected chi connectivity index (χ3v) is 0. The summed E-state index contributed by atoms with van der Waals surface area (Å²) in [5.41, 5.74) is 0. The smallest absolute Gasteiger partial charge is 0.254 e. The summed E-state index contributed by atoms with van der Waals surface area (Å²) < 4.78 is 24.2. The Bertz CT molecular complexity index is 170. The van der Waals surface area contributed by atoms with Crippen LogP contribution in [0.1, 0.15) is 27.7 Å². The molecule has 0 rings (SSSR count). The number of isocyanates is 2. The van der Waals surface area contributed by atoms with E-state index in [4.69, 9.17) is 33.4 Å². The first-order valence-corrected chi connectivity index (χ1v) is 4.60. The van der Waals surface area contributed by atoms with Crippen LogP contribution in [0.25, 0.3) is 0 Å². The van der Waals surface area contributed by atoms with Crippen molar-refractivity contribution in [3.05, 3.63) is 0 Å². The van der Waals surface area contributed by atoms with E-state index >= 15 is 0 Å². The van der Waals surface area contributed by atoms with Gasteiger partial charge in [0.25, 0.3) is 11.0 Å². The Kier molecular flexibility index (Phi) is 207. The van der Waals surface area contributed by atoms with Gasteiger partial charge in [-0.15, -0.1) is 0 Å². The van der Waals surface area contributed by atoms with Crippen molar-refractivity contribution in [1.29, 1.82) is 10.8 Å². The zero-order valence-corrected chi connectivity index (χ0v) is 9.42. The fourth-order valence-corrected chi connectivity index (χ4v) is 0. The minimum absolute atomic E-state index is 0.750. The predicted octanol–water partition coefficient (Wildman–Crippen LogP) is 0.925. The maximum atomic E-state index is 8.59. The summed E-state index contributed by atoms with van der Waals surface area (Å²) in [5.74, 6) is 0. The maximum Gasteiger partial charge on any atom is 0.254 e. The van der Waals surface area contributed by atoms with Gasteiger partial charge in [0, 0.05) is 0 Å². The van der Waals surface area contributed by atoms with Crippen LogP contribution < -0.4 is 0 Å². The van der Waals surface area contributed by atoms with Crippen molar-refractivity contribution < 1.29 is 22.6 Å². The van der Waals surface area contributed by atoms with Crippen LogP contribution in [-0.2, 0) is 20.6 Å². The monoisotopic (exact) mass is 228 g/mol. The number of hydrogen-bond donors (Lipinski definition) is 4. The SMILES string of the molecule is CC.CC.N=C=O.N=C=O.O=[SH](=O)O. The Hall–Kier alpha value is -1.33. The molecule has 0 saturated carbocycles. The van der Waals surface area contributed by atoms with Crippen LogP contribution in [0.2, 0.25) is 0 Å². The summed E-state index contributed by atoms with van der Waals surface area (Å²) in [6, 6.07) is 0. The summed E-state index contributed by atoms with van der Waals surface area (Å²) in [5, 5.41) is 10.8. The second-order valence-corrected chi connectivity index (χ2v) is 0.918. The van der Waals surface area contributed by atoms with Gasteiger partial charge in [0.05, 0.1) is 0 Å². The third-order valence-electron chi connectivity index (χ3n) is 0. The molecule has 86 valence electrons. The predicted molar refractivity (Wildman–Crippen MR) is 52.5 cm³/mol. The fraction of sp³-hybridized carbons (Fsp3) is 0.667. The maximum absolute atomic E-state index is 8.59. The van der Waals surface area contributed by atoms with Crippen molar-refractivity contribution in [2.24, 2.45) is 0 Å². The molecule has 0 fully saturated rings. The minimum atomic E-state index is -3.12. The minimum Gasteiger partial charge on any atom is -0.288 e. The molecule has 0 amide bonds. The van der Waals surface area contributed by atoms with E-state index in [1.54, 1.807) is 0 Å². The van der Waals surface area contributed by atoms with E-state index in [1.807, 2.05) is 27.7 Å². The summed E-state index contributed by atoms with van der Waals surface area (Å²) in [4.78, 5) is 16.7. The number of nitrogens with one attached hydrogen (secondary N) is 2. The molecule has 0 heterocycles. The molecule has 0 aromatic carbocycles. The van der Waals surface area contributed by atoms with Gasteiger partial charge in [0.2, 0.25) is 12.2 Å². The lowest BCUT2D eigenvalue weighted by molar-refractivity contribution is 0.509. The molecule has 0 radical (unpaired) electrons. The Morgan fingerprint density at radius 2 is 0.929 bits per heavy atom. The highest BCUT2D eigenvalue weighted by atomic mass is 32.2. The number of rotatable bonds is 0.